The Morgan fingerprint density at radius 2 is 0.768 bits per heavy atom. The molecule has 82 heavy (non-hydrogen) atoms. The second-order valence-electron chi connectivity index (χ2n) is 23.2. The number of allylic oxidation sites excluding steroid dienone is 17. The van der Waals surface area contributed by atoms with E-state index in [-0.39, 0.29) is 12.5 Å². The lowest BCUT2D eigenvalue weighted by Gasteiger charge is -2.40. The van der Waals surface area contributed by atoms with Crippen molar-refractivity contribution >= 4 is 5.91 Å². The predicted molar refractivity (Wildman–Crippen MR) is 350 cm³/mol. The summed E-state index contributed by atoms with van der Waals surface area (Å²) in [4.78, 5) is 13.1. The second kappa shape index (κ2) is 61.0. The highest BCUT2D eigenvalue weighted by atomic mass is 16.7. The number of ether oxygens (including phenoxy) is 2. The van der Waals surface area contributed by atoms with Crippen molar-refractivity contribution in [2.24, 2.45) is 0 Å². The monoisotopic (exact) mass is 1150 g/mol. The summed E-state index contributed by atoms with van der Waals surface area (Å²) in [5.41, 5.74) is 0. The van der Waals surface area contributed by atoms with E-state index in [2.05, 4.69) is 116 Å². The third kappa shape index (κ3) is 49.1. The van der Waals surface area contributed by atoms with Crippen molar-refractivity contribution in [2.45, 2.75) is 333 Å². The van der Waals surface area contributed by atoms with Crippen molar-refractivity contribution in [1.82, 2.24) is 5.32 Å². The summed E-state index contributed by atoms with van der Waals surface area (Å²) in [6.45, 7) is 3.66. The first kappa shape index (κ1) is 76.9. The van der Waals surface area contributed by atoms with Crippen LogP contribution in [0.3, 0.4) is 0 Å². The van der Waals surface area contributed by atoms with Gasteiger partial charge in [-0.3, -0.25) is 4.79 Å². The molecule has 1 heterocycles. The van der Waals surface area contributed by atoms with Crippen LogP contribution in [0.5, 0.6) is 0 Å². The SMILES string of the molecule is CC/C=C\C/C=C\C/C=C\C/C=C\C/C=C\C/C=C\CCCCCCCCCCCCC(=O)NC(COC1OC(CO)C(O)C(O)C1O)C(O)/C=C/CC/C=C/CC/C=C/CCCCCCCCCCCCCCCCCCCCCC. The number of nitrogens with one attached hydrogen (secondary N) is 1. The zero-order chi connectivity index (χ0) is 59.3. The molecule has 0 radical (unpaired) electrons. The Balaban J connectivity index is 2.20. The molecule has 0 aromatic rings. The van der Waals surface area contributed by atoms with Crippen molar-refractivity contribution < 1.29 is 39.8 Å². The summed E-state index contributed by atoms with van der Waals surface area (Å²) in [7, 11) is 0. The molecule has 1 aliphatic rings. The van der Waals surface area contributed by atoms with E-state index in [1.165, 1.54) is 173 Å². The Kier molecular flexibility index (Phi) is 57.1. The van der Waals surface area contributed by atoms with Crippen LogP contribution in [0.1, 0.15) is 290 Å². The number of amides is 1. The van der Waals surface area contributed by atoms with Crippen LogP contribution in [0, 0.1) is 0 Å². The van der Waals surface area contributed by atoms with E-state index in [1.54, 1.807) is 6.08 Å². The molecule has 472 valence electrons. The minimum atomic E-state index is -1.58. The summed E-state index contributed by atoms with van der Waals surface area (Å²) in [6.07, 6.45) is 83.3. The largest absolute Gasteiger partial charge is 0.394 e. The number of hydrogen-bond acceptors (Lipinski definition) is 8. The van der Waals surface area contributed by atoms with E-state index < -0.39 is 49.5 Å². The molecule has 9 heteroatoms. The topological polar surface area (TPSA) is 149 Å². The maximum Gasteiger partial charge on any atom is 0.220 e. The van der Waals surface area contributed by atoms with E-state index in [1.807, 2.05) is 6.08 Å². The molecule has 0 spiro atoms. The fraction of sp³-hybridized carbons (Fsp3) is 0.740. The minimum absolute atomic E-state index is 0.198. The Bertz CT molecular complexity index is 1660. The number of rotatable bonds is 58. The molecule has 1 aliphatic heterocycles. The van der Waals surface area contributed by atoms with Crippen LogP contribution in [0.15, 0.2) is 109 Å². The zero-order valence-electron chi connectivity index (χ0n) is 52.7. The van der Waals surface area contributed by atoms with Crippen LogP contribution in [-0.2, 0) is 14.3 Å². The molecule has 1 fully saturated rings. The Morgan fingerprint density at radius 1 is 0.427 bits per heavy atom. The van der Waals surface area contributed by atoms with Gasteiger partial charge in [0.2, 0.25) is 5.91 Å². The lowest BCUT2D eigenvalue weighted by molar-refractivity contribution is -0.302. The number of aliphatic hydroxyl groups excluding tert-OH is 5. The quantitative estimate of drug-likeness (QED) is 0.0261. The van der Waals surface area contributed by atoms with Gasteiger partial charge in [-0.05, 0) is 96.3 Å². The van der Waals surface area contributed by atoms with Gasteiger partial charge in [0.15, 0.2) is 6.29 Å². The van der Waals surface area contributed by atoms with Crippen LogP contribution < -0.4 is 5.32 Å². The van der Waals surface area contributed by atoms with Gasteiger partial charge in [-0.1, -0.05) is 297 Å². The van der Waals surface area contributed by atoms with Crippen LogP contribution in [-0.4, -0.2) is 87.5 Å². The maximum absolute atomic E-state index is 13.1. The summed E-state index contributed by atoms with van der Waals surface area (Å²) < 4.78 is 11.3. The van der Waals surface area contributed by atoms with E-state index in [0.29, 0.717) is 6.42 Å². The van der Waals surface area contributed by atoms with Gasteiger partial charge in [-0.2, -0.15) is 0 Å². The van der Waals surface area contributed by atoms with E-state index in [0.717, 1.165) is 96.3 Å². The maximum atomic E-state index is 13.1. The molecule has 0 bridgehead atoms. The molecule has 7 atom stereocenters. The summed E-state index contributed by atoms with van der Waals surface area (Å²) in [5, 5.41) is 54.7. The first-order valence-corrected chi connectivity index (χ1v) is 34.1. The standard InChI is InChI=1S/C73H127NO8/c1-3-5-7-9-11-13-15-17-19-21-23-25-27-29-31-33-35-36-38-40-42-44-46-48-50-52-54-56-58-60-62-67(76)66(65-81-73-72(80)71(79)70(78)68(64-75)82-73)74-69(77)63-61-59-57-55-53-51-49-47-45-43-41-39-37-34-32-30-28-26-24-22-20-18-16-14-12-10-8-6-4-2/h6,8,12,14,18,20,24,26,30,32,37,39,44,46,52,54,60,62,66-68,70-73,75-76,78-80H,3-5,7,9-11,13,15-17,19,21-23,25,27-29,31,33-36,38,40-43,45,47-51,53,55-59,61,63-65H2,1-2H3,(H,74,77)/b8-6-,14-12-,20-18-,26-24-,32-30-,39-37-,46-44+,54-52+,62-60+. The van der Waals surface area contributed by atoms with E-state index in [9.17, 15) is 30.3 Å². The molecular formula is C73H127NO8. The molecule has 0 saturated carbocycles. The first-order chi connectivity index (χ1) is 40.3. The Morgan fingerprint density at radius 3 is 1.17 bits per heavy atom. The number of hydrogen-bond donors (Lipinski definition) is 6. The van der Waals surface area contributed by atoms with Gasteiger partial charge in [0.25, 0.3) is 0 Å². The lowest BCUT2D eigenvalue weighted by Crippen LogP contribution is -2.60. The lowest BCUT2D eigenvalue weighted by atomic mass is 9.99. The second-order valence-corrected chi connectivity index (χ2v) is 23.2. The Labute approximate surface area is 504 Å². The molecule has 6 N–H and O–H groups in total. The predicted octanol–water partition coefficient (Wildman–Crippen LogP) is 18.5. The van der Waals surface area contributed by atoms with Gasteiger partial charge >= 0.3 is 0 Å². The molecule has 9 nitrogen and oxygen atoms in total. The molecular weight excluding hydrogens is 1020 g/mol. The third-order valence-electron chi connectivity index (χ3n) is 15.6. The van der Waals surface area contributed by atoms with Gasteiger partial charge in [0, 0.05) is 6.42 Å². The fourth-order valence-electron chi connectivity index (χ4n) is 10.3. The highest BCUT2D eigenvalue weighted by Gasteiger charge is 2.44. The summed E-state index contributed by atoms with van der Waals surface area (Å²) in [5.74, 6) is -0.198. The van der Waals surface area contributed by atoms with Crippen molar-refractivity contribution in [2.75, 3.05) is 13.2 Å². The van der Waals surface area contributed by atoms with Crippen LogP contribution in [0.2, 0.25) is 0 Å². The fourth-order valence-corrected chi connectivity index (χ4v) is 10.3. The van der Waals surface area contributed by atoms with Crippen molar-refractivity contribution in [3.63, 3.8) is 0 Å². The summed E-state index contributed by atoms with van der Waals surface area (Å²) >= 11 is 0. The average Bonchev–Trinajstić information content (AvgIpc) is 3.57. The third-order valence-corrected chi connectivity index (χ3v) is 15.6. The normalized spacial score (nSPS) is 19.0. The zero-order valence-corrected chi connectivity index (χ0v) is 52.7. The number of carbonyl (C=O) groups excluding carboxylic acids is 1. The van der Waals surface area contributed by atoms with Gasteiger partial charge in [0.05, 0.1) is 25.4 Å². The van der Waals surface area contributed by atoms with E-state index >= 15 is 0 Å². The molecule has 1 rings (SSSR count). The molecule has 1 saturated heterocycles. The minimum Gasteiger partial charge on any atom is -0.394 e. The van der Waals surface area contributed by atoms with Crippen molar-refractivity contribution in [3.05, 3.63) is 109 Å². The van der Waals surface area contributed by atoms with Gasteiger partial charge in [-0.25, -0.2) is 0 Å². The van der Waals surface area contributed by atoms with Crippen LogP contribution in [0.4, 0.5) is 0 Å². The first-order valence-electron chi connectivity index (χ1n) is 34.1. The van der Waals surface area contributed by atoms with Crippen molar-refractivity contribution in [1.29, 1.82) is 0 Å². The number of carbonyl (C=O) groups is 1. The molecule has 0 aromatic carbocycles. The van der Waals surface area contributed by atoms with Gasteiger partial charge < -0.3 is 40.3 Å². The van der Waals surface area contributed by atoms with Gasteiger partial charge in [0.1, 0.15) is 24.4 Å². The highest BCUT2D eigenvalue weighted by molar-refractivity contribution is 5.76. The number of aliphatic hydroxyl groups is 5. The molecule has 0 aliphatic carbocycles. The smallest absolute Gasteiger partial charge is 0.220 e. The van der Waals surface area contributed by atoms with Crippen molar-refractivity contribution in [3.8, 4) is 0 Å². The highest BCUT2D eigenvalue weighted by Crippen LogP contribution is 2.23. The van der Waals surface area contributed by atoms with Crippen LogP contribution >= 0.6 is 0 Å². The number of unbranched alkanes of at least 4 members (excludes halogenated alkanes) is 32. The molecule has 7 unspecified atom stereocenters. The summed E-state index contributed by atoms with van der Waals surface area (Å²) in [6, 6.07) is -0.840. The molecule has 1 amide bonds. The average molecular weight is 1150 g/mol. The van der Waals surface area contributed by atoms with E-state index in [4.69, 9.17) is 9.47 Å². The Hall–Kier alpha value is -3.15. The molecule has 0 aromatic heterocycles. The van der Waals surface area contributed by atoms with Gasteiger partial charge in [-0.15, -0.1) is 0 Å². The van der Waals surface area contributed by atoms with Crippen LogP contribution in [0.25, 0.3) is 0 Å².